The van der Waals surface area contributed by atoms with Crippen LogP contribution in [0.1, 0.15) is 5.56 Å². The van der Waals surface area contributed by atoms with Crippen LogP contribution >= 0.6 is 0 Å². The highest BCUT2D eigenvalue weighted by atomic mass is 16.5. The van der Waals surface area contributed by atoms with Crippen molar-refractivity contribution in [2.45, 2.75) is 5.54 Å². The number of benzene rings is 1. The molecule has 3 N–H and O–H groups in total. The van der Waals surface area contributed by atoms with Crippen molar-refractivity contribution >= 4 is 0 Å². The lowest BCUT2D eigenvalue weighted by atomic mass is 9.93. The molecule has 0 amide bonds. The van der Waals surface area contributed by atoms with Crippen molar-refractivity contribution in [3.05, 3.63) is 35.9 Å². The third kappa shape index (κ3) is 3.57. The van der Waals surface area contributed by atoms with Crippen LogP contribution in [0.15, 0.2) is 30.3 Å². The molecule has 1 aromatic rings. The van der Waals surface area contributed by atoms with Gasteiger partial charge in [0.25, 0.3) is 0 Å². The van der Waals surface area contributed by atoms with Crippen LogP contribution in [-0.4, -0.2) is 38.6 Å². The second kappa shape index (κ2) is 6.60. The van der Waals surface area contributed by atoms with Gasteiger partial charge in [0, 0.05) is 7.11 Å². The van der Waals surface area contributed by atoms with Crippen LogP contribution in [0.5, 0.6) is 0 Å². The first-order chi connectivity index (χ1) is 7.73. The molecule has 1 unspecified atom stereocenters. The molecule has 4 heteroatoms. The summed E-state index contributed by atoms with van der Waals surface area (Å²) in [6.07, 6.45) is 0. The van der Waals surface area contributed by atoms with Gasteiger partial charge in [-0.15, -0.1) is 0 Å². The van der Waals surface area contributed by atoms with E-state index in [9.17, 15) is 5.11 Å². The maximum atomic E-state index is 9.36. The Labute approximate surface area is 96.0 Å². The fourth-order valence-corrected chi connectivity index (χ4v) is 1.39. The van der Waals surface area contributed by atoms with Crippen molar-refractivity contribution in [3.63, 3.8) is 0 Å². The van der Waals surface area contributed by atoms with Crippen LogP contribution in [0.4, 0.5) is 0 Å². The molecule has 0 aromatic heterocycles. The van der Waals surface area contributed by atoms with Crippen LogP contribution in [0.3, 0.4) is 0 Å². The Bertz CT molecular complexity index is 292. The minimum Gasteiger partial charge on any atom is -0.394 e. The molecule has 0 saturated heterocycles. The Morgan fingerprint density at radius 2 is 1.94 bits per heavy atom. The average Bonchev–Trinajstić information content (AvgIpc) is 2.35. The van der Waals surface area contributed by atoms with Crippen LogP contribution < -0.4 is 5.73 Å². The molecule has 0 aliphatic carbocycles. The molecule has 0 fully saturated rings. The molecule has 0 aliphatic heterocycles. The lowest BCUT2D eigenvalue weighted by Gasteiger charge is -2.27. The Morgan fingerprint density at radius 3 is 2.50 bits per heavy atom. The number of ether oxygens (including phenoxy) is 2. The minimum absolute atomic E-state index is 0.149. The predicted molar refractivity (Wildman–Crippen MR) is 62.1 cm³/mol. The topological polar surface area (TPSA) is 64.7 Å². The molecule has 0 aliphatic rings. The van der Waals surface area contributed by atoms with E-state index in [0.717, 1.165) is 5.56 Å². The average molecular weight is 225 g/mol. The Kier molecular flexibility index (Phi) is 5.42. The largest absolute Gasteiger partial charge is 0.394 e. The molecular formula is C12H19NO3. The van der Waals surface area contributed by atoms with Crippen molar-refractivity contribution in [2.24, 2.45) is 5.73 Å². The zero-order valence-corrected chi connectivity index (χ0v) is 9.56. The number of aliphatic hydroxyl groups excluding tert-OH is 1. The molecule has 0 spiro atoms. The molecule has 90 valence electrons. The number of hydrogen-bond acceptors (Lipinski definition) is 4. The highest BCUT2D eigenvalue weighted by Gasteiger charge is 2.26. The van der Waals surface area contributed by atoms with Gasteiger partial charge in [0.15, 0.2) is 0 Å². The highest BCUT2D eigenvalue weighted by molar-refractivity contribution is 5.24. The van der Waals surface area contributed by atoms with E-state index in [1.54, 1.807) is 7.11 Å². The van der Waals surface area contributed by atoms with E-state index in [1.807, 2.05) is 30.3 Å². The van der Waals surface area contributed by atoms with Crippen molar-refractivity contribution in [1.29, 1.82) is 0 Å². The Hall–Kier alpha value is -0.940. The fourth-order valence-electron chi connectivity index (χ4n) is 1.39. The molecule has 16 heavy (non-hydrogen) atoms. The Morgan fingerprint density at radius 1 is 1.25 bits per heavy atom. The van der Waals surface area contributed by atoms with Gasteiger partial charge < -0.3 is 20.3 Å². The van der Waals surface area contributed by atoms with Gasteiger partial charge in [0.05, 0.1) is 32.0 Å². The lowest BCUT2D eigenvalue weighted by Crippen LogP contribution is -2.45. The lowest BCUT2D eigenvalue weighted by molar-refractivity contribution is 0.0248. The zero-order chi connectivity index (χ0) is 11.9. The standard InChI is InChI=1S/C12H19NO3/c1-15-7-8-16-10-12(13,9-14)11-5-3-2-4-6-11/h2-6,14H,7-10,13H2,1H3. The molecule has 0 saturated carbocycles. The fraction of sp³-hybridized carbons (Fsp3) is 0.500. The second-order valence-electron chi connectivity index (χ2n) is 3.73. The smallest absolute Gasteiger partial charge is 0.0881 e. The molecular weight excluding hydrogens is 206 g/mol. The minimum atomic E-state index is -0.838. The zero-order valence-electron chi connectivity index (χ0n) is 9.56. The molecule has 4 nitrogen and oxygen atoms in total. The van der Waals surface area contributed by atoms with Gasteiger partial charge in [-0.3, -0.25) is 0 Å². The van der Waals surface area contributed by atoms with E-state index < -0.39 is 5.54 Å². The van der Waals surface area contributed by atoms with Crippen molar-refractivity contribution < 1.29 is 14.6 Å². The van der Waals surface area contributed by atoms with Gasteiger partial charge in [0.2, 0.25) is 0 Å². The van der Waals surface area contributed by atoms with Gasteiger partial charge in [-0.25, -0.2) is 0 Å². The van der Waals surface area contributed by atoms with E-state index in [0.29, 0.717) is 13.2 Å². The number of rotatable bonds is 7. The number of methoxy groups -OCH3 is 1. The third-order valence-corrected chi connectivity index (χ3v) is 2.42. The van der Waals surface area contributed by atoms with Crippen LogP contribution in [0.2, 0.25) is 0 Å². The van der Waals surface area contributed by atoms with E-state index in [4.69, 9.17) is 15.2 Å². The second-order valence-corrected chi connectivity index (χ2v) is 3.73. The first kappa shape index (κ1) is 13.1. The van der Waals surface area contributed by atoms with E-state index in [-0.39, 0.29) is 13.2 Å². The summed E-state index contributed by atoms with van der Waals surface area (Å²) in [7, 11) is 1.61. The van der Waals surface area contributed by atoms with Gasteiger partial charge in [-0.1, -0.05) is 30.3 Å². The van der Waals surface area contributed by atoms with Crippen LogP contribution in [0.25, 0.3) is 0 Å². The maximum absolute atomic E-state index is 9.36. The number of nitrogens with two attached hydrogens (primary N) is 1. The van der Waals surface area contributed by atoms with Crippen molar-refractivity contribution in [2.75, 3.05) is 33.5 Å². The van der Waals surface area contributed by atoms with Crippen LogP contribution in [0, 0.1) is 0 Å². The Balaban J connectivity index is 2.56. The molecule has 1 aromatic carbocycles. The summed E-state index contributed by atoms with van der Waals surface area (Å²) < 4.78 is 10.2. The van der Waals surface area contributed by atoms with Gasteiger partial charge >= 0.3 is 0 Å². The summed E-state index contributed by atoms with van der Waals surface area (Å²) in [5.41, 5.74) is 6.12. The summed E-state index contributed by atoms with van der Waals surface area (Å²) in [6.45, 7) is 1.12. The van der Waals surface area contributed by atoms with Crippen molar-refractivity contribution in [3.8, 4) is 0 Å². The quantitative estimate of drug-likeness (QED) is 0.663. The SMILES string of the molecule is COCCOCC(N)(CO)c1ccccc1. The summed E-state index contributed by atoms with van der Waals surface area (Å²) in [5.74, 6) is 0. The molecule has 1 rings (SSSR count). The van der Waals surface area contributed by atoms with E-state index in [1.165, 1.54) is 0 Å². The predicted octanol–water partition coefficient (Wildman–Crippen LogP) is 0.496. The van der Waals surface area contributed by atoms with E-state index in [2.05, 4.69) is 0 Å². The normalized spacial score (nSPS) is 14.7. The van der Waals surface area contributed by atoms with Gasteiger partial charge in [-0.05, 0) is 5.56 Å². The number of aliphatic hydroxyl groups is 1. The first-order valence-corrected chi connectivity index (χ1v) is 5.25. The maximum Gasteiger partial charge on any atom is 0.0881 e. The molecule has 1 atom stereocenters. The monoisotopic (exact) mass is 225 g/mol. The summed E-state index contributed by atoms with van der Waals surface area (Å²) in [5, 5.41) is 9.36. The van der Waals surface area contributed by atoms with Gasteiger partial charge in [0.1, 0.15) is 0 Å². The van der Waals surface area contributed by atoms with Crippen molar-refractivity contribution in [1.82, 2.24) is 0 Å². The van der Waals surface area contributed by atoms with Crippen LogP contribution in [-0.2, 0) is 15.0 Å². The van der Waals surface area contributed by atoms with E-state index >= 15 is 0 Å². The summed E-state index contributed by atoms with van der Waals surface area (Å²) in [6, 6.07) is 9.46. The number of hydrogen-bond donors (Lipinski definition) is 2. The third-order valence-electron chi connectivity index (χ3n) is 2.42. The summed E-state index contributed by atoms with van der Waals surface area (Å²) >= 11 is 0. The first-order valence-electron chi connectivity index (χ1n) is 5.25. The molecule has 0 radical (unpaired) electrons. The molecule has 0 bridgehead atoms. The molecule has 0 heterocycles. The highest BCUT2D eigenvalue weighted by Crippen LogP contribution is 2.17. The van der Waals surface area contributed by atoms with Gasteiger partial charge in [-0.2, -0.15) is 0 Å². The summed E-state index contributed by atoms with van der Waals surface area (Å²) in [4.78, 5) is 0.